The van der Waals surface area contributed by atoms with E-state index in [1.54, 1.807) is 11.3 Å². The third kappa shape index (κ3) is 3.32. The lowest BCUT2D eigenvalue weighted by Crippen LogP contribution is -2.20. The van der Waals surface area contributed by atoms with E-state index in [2.05, 4.69) is 58.5 Å². The van der Waals surface area contributed by atoms with E-state index in [1.807, 2.05) is 6.07 Å². The minimum atomic E-state index is 0.227. The van der Waals surface area contributed by atoms with Gasteiger partial charge in [-0.25, -0.2) is 0 Å². The Morgan fingerprint density at radius 2 is 1.94 bits per heavy atom. The molecule has 17 heavy (non-hydrogen) atoms. The van der Waals surface area contributed by atoms with Crippen molar-refractivity contribution in [2.45, 2.75) is 13.0 Å². The minimum Gasteiger partial charge on any atom is -0.306 e. The number of hydrogen-bond acceptors (Lipinski definition) is 2. The van der Waals surface area contributed by atoms with Crippen molar-refractivity contribution in [3.05, 3.63) is 55.6 Å². The average molecular weight is 331 g/mol. The molecule has 0 saturated heterocycles. The predicted octanol–water partition coefficient (Wildman–Crippen LogP) is 4.86. The second-order valence-electron chi connectivity index (χ2n) is 3.68. The van der Waals surface area contributed by atoms with Crippen LogP contribution in [0.2, 0.25) is 4.34 Å². The van der Waals surface area contributed by atoms with Crippen LogP contribution in [0.25, 0.3) is 0 Å². The van der Waals surface area contributed by atoms with Crippen molar-refractivity contribution in [3.8, 4) is 0 Å². The Morgan fingerprint density at radius 3 is 2.47 bits per heavy atom. The predicted molar refractivity (Wildman–Crippen MR) is 79.0 cm³/mol. The van der Waals surface area contributed by atoms with E-state index in [0.717, 1.165) is 15.4 Å². The van der Waals surface area contributed by atoms with Crippen LogP contribution >= 0.6 is 38.9 Å². The van der Waals surface area contributed by atoms with Gasteiger partial charge in [0, 0.05) is 9.35 Å². The topological polar surface area (TPSA) is 12.0 Å². The van der Waals surface area contributed by atoms with Gasteiger partial charge < -0.3 is 5.32 Å². The van der Waals surface area contributed by atoms with Gasteiger partial charge in [0.25, 0.3) is 0 Å². The van der Waals surface area contributed by atoms with Crippen molar-refractivity contribution >= 4 is 38.9 Å². The van der Waals surface area contributed by atoms with Gasteiger partial charge in [0.15, 0.2) is 0 Å². The third-order valence-corrected chi connectivity index (χ3v) is 4.31. The maximum atomic E-state index is 6.00. The van der Waals surface area contributed by atoms with Gasteiger partial charge in [0.1, 0.15) is 0 Å². The molecule has 0 aliphatic carbocycles. The second kappa shape index (κ2) is 6.01. The van der Waals surface area contributed by atoms with Crippen molar-refractivity contribution in [3.63, 3.8) is 0 Å². The largest absolute Gasteiger partial charge is 0.306 e. The van der Waals surface area contributed by atoms with Crippen LogP contribution in [0.3, 0.4) is 0 Å². The quantitative estimate of drug-likeness (QED) is 0.844. The average Bonchev–Trinajstić information content (AvgIpc) is 2.74. The molecule has 0 spiro atoms. The van der Waals surface area contributed by atoms with E-state index >= 15 is 0 Å². The van der Waals surface area contributed by atoms with Crippen molar-refractivity contribution < 1.29 is 0 Å². The Bertz CT molecular complexity index is 480. The lowest BCUT2D eigenvalue weighted by molar-refractivity contribution is 0.639. The van der Waals surface area contributed by atoms with Gasteiger partial charge in [-0.15, -0.1) is 11.3 Å². The monoisotopic (exact) mass is 329 g/mol. The number of rotatable bonds is 4. The summed E-state index contributed by atoms with van der Waals surface area (Å²) in [5.41, 5.74) is 1.26. The van der Waals surface area contributed by atoms with Crippen LogP contribution in [0.1, 0.15) is 23.4 Å². The molecule has 1 aromatic heterocycles. The summed E-state index contributed by atoms with van der Waals surface area (Å²) in [7, 11) is 0. The minimum absolute atomic E-state index is 0.227. The number of hydrogen-bond donors (Lipinski definition) is 1. The number of thiophene rings is 1. The van der Waals surface area contributed by atoms with Crippen molar-refractivity contribution in [1.29, 1.82) is 0 Å². The van der Waals surface area contributed by atoms with Gasteiger partial charge in [-0.3, -0.25) is 0 Å². The van der Waals surface area contributed by atoms with E-state index in [9.17, 15) is 0 Å². The zero-order valence-corrected chi connectivity index (χ0v) is 12.6. The standard InChI is InChI=1S/C13H13BrClNS/c1-2-16-13(11-7-8-12(15)17-11)9-3-5-10(14)6-4-9/h3-8,13,16H,2H2,1H3. The molecule has 0 aliphatic rings. The normalized spacial score (nSPS) is 12.6. The van der Waals surface area contributed by atoms with Gasteiger partial charge >= 0.3 is 0 Å². The number of halogens is 2. The molecule has 0 bridgehead atoms. The smallest absolute Gasteiger partial charge is 0.0931 e. The molecule has 0 amide bonds. The van der Waals surface area contributed by atoms with Crippen molar-refractivity contribution in [1.82, 2.24) is 5.32 Å². The summed E-state index contributed by atoms with van der Waals surface area (Å²) < 4.78 is 1.93. The molecular formula is C13H13BrClNS. The Labute approximate surface area is 119 Å². The van der Waals surface area contributed by atoms with Crippen molar-refractivity contribution in [2.75, 3.05) is 6.54 Å². The lowest BCUT2D eigenvalue weighted by Gasteiger charge is -2.16. The van der Waals surface area contributed by atoms with Gasteiger partial charge in [-0.2, -0.15) is 0 Å². The highest BCUT2D eigenvalue weighted by molar-refractivity contribution is 9.10. The van der Waals surface area contributed by atoms with Gasteiger partial charge in [0.05, 0.1) is 10.4 Å². The Balaban J connectivity index is 2.31. The van der Waals surface area contributed by atoms with Crippen LogP contribution in [-0.4, -0.2) is 6.54 Å². The van der Waals surface area contributed by atoms with Crippen LogP contribution in [0.15, 0.2) is 40.9 Å². The van der Waals surface area contributed by atoms with Crippen LogP contribution in [0.5, 0.6) is 0 Å². The molecule has 0 fully saturated rings. The SMILES string of the molecule is CCNC(c1ccc(Br)cc1)c1ccc(Cl)s1. The Hall–Kier alpha value is -0.350. The third-order valence-electron chi connectivity index (χ3n) is 2.49. The first kappa shape index (κ1) is 13.1. The second-order valence-corrected chi connectivity index (χ2v) is 6.35. The summed E-state index contributed by atoms with van der Waals surface area (Å²) in [6.07, 6.45) is 0. The highest BCUT2D eigenvalue weighted by atomic mass is 79.9. The first-order valence-electron chi connectivity index (χ1n) is 5.44. The molecule has 1 atom stereocenters. The van der Waals surface area contributed by atoms with Crippen LogP contribution in [0.4, 0.5) is 0 Å². The van der Waals surface area contributed by atoms with Crippen molar-refractivity contribution in [2.24, 2.45) is 0 Å². The fraction of sp³-hybridized carbons (Fsp3) is 0.231. The van der Waals surface area contributed by atoms with E-state index < -0.39 is 0 Å². The summed E-state index contributed by atoms with van der Waals surface area (Å²) in [6, 6.07) is 12.7. The number of nitrogens with one attached hydrogen (secondary N) is 1. The van der Waals surface area contributed by atoms with Gasteiger partial charge in [0.2, 0.25) is 0 Å². The molecule has 1 aromatic carbocycles. The molecule has 0 saturated carbocycles. The Morgan fingerprint density at radius 1 is 1.24 bits per heavy atom. The molecule has 1 heterocycles. The van der Waals surface area contributed by atoms with E-state index in [-0.39, 0.29) is 6.04 Å². The van der Waals surface area contributed by atoms with Crippen LogP contribution in [-0.2, 0) is 0 Å². The maximum Gasteiger partial charge on any atom is 0.0931 e. The molecule has 90 valence electrons. The zero-order chi connectivity index (χ0) is 12.3. The molecule has 1 unspecified atom stereocenters. The molecule has 0 aliphatic heterocycles. The summed E-state index contributed by atoms with van der Waals surface area (Å²) in [5.74, 6) is 0. The fourth-order valence-electron chi connectivity index (χ4n) is 1.73. The molecule has 0 radical (unpaired) electrons. The van der Waals surface area contributed by atoms with Crippen LogP contribution < -0.4 is 5.32 Å². The number of benzene rings is 1. The highest BCUT2D eigenvalue weighted by Crippen LogP contribution is 2.31. The van der Waals surface area contributed by atoms with Crippen LogP contribution in [0, 0.1) is 0 Å². The first-order valence-corrected chi connectivity index (χ1v) is 7.43. The molecule has 2 rings (SSSR count). The molecule has 2 aromatic rings. The van der Waals surface area contributed by atoms with E-state index in [4.69, 9.17) is 11.6 Å². The Kier molecular flexibility index (Phi) is 4.62. The lowest BCUT2D eigenvalue weighted by atomic mass is 10.1. The molecule has 4 heteroatoms. The molecule has 1 nitrogen and oxygen atoms in total. The molecular weight excluding hydrogens is 318 g/mol. The summed E-state index contributed by atoms with van der Waals surface area (Å²) in [5, 5.41) is 3.48. The maximum absolute atomic E-state index is 6.00. The van der Waals surface area contributed by atoms with E-state index in [1.165, 1.54) is 10.4 Å². The summed E-state index contributed by atoms with van der Waals surface area (Å²) in [4.78, 5) is 1.25. The van der Waals surface area contributed by atoms with Gasteiger partial charge in [-0.1, -0.05) is 46.6 Å². The molecule has 1 N–H and O–H groups in total. The summed E-state index contributed by atoms with van der Waals surface area (Å²) >= 11 is 11.1. The van der Waals surface area contributed by atoms with E-state index in [0.29, 0.717) is 0 Å². The zero-order valence-electron chi connectivity index (χ0n) is 9.41. The van der Waals surface area contributed by atoms with Gasteiger partial charge in [-0.05, 0) is 36.4 Å². The fourth-order valence-corrected chi connectivity index (χ4v) is 3.15. The highest BCUT2D eigenvalue weighted by Gasteiger charge is 2.14. The summed E-state index contributed by atoms with van der Waals surface area (Å²) in [6.45, 7) is 3.04. The first-order chi connectivity index (χ1) is 8.20.